The molecule has 1 unspecified atom stereocenters. The van der Waals surface area contributed by atoms with Crippen LogP contribution in [-0.2, 0) is 19.1 Å². The molecule has 0 spiro atoms. The van der Waals surface area contributed by atoms with Crippen LogP contribution in [0.2, 0.25) is 0 Å². The predicted molar refractivity (Wildman–Crippen MR) is 66.9 cm³/mol. The van der Waals surface area contributed by atoms with E-state index < -0.39 is 18.2 Å². The van der Waals surface area contributed by atoms with E-state index in [9.17, 15) is 9.59 Å². The summed E-state index contributed by atoms with van der Waals surface area (Å²) >= 11 is 0. The summed E-state index contributed by atoms with van der Waals surface area (Å²) in [5.74, 6) is -1.15. The Morgan fingerprint density at radius 1 is 1.11 bits per heavy atom. The highest BCUT2D eigenvalue weighted by atomic mass is 16.7. The Hall–Kier alpha value is -1.84. The molecular weight excluding hydrogens is 232 g/mol. The fourth-order valence-corrected chi connectivity index (χ4v) is 1.67. The fourth-order valence-electron chi connectivity index (χ4n) is 1.67. The molecule has 0 amide bonds. The van der Waals surface area contributed by atoms with Gasteiger partial charge in [-0.25, -0.2) is 0 Å². The second-order valence-corrected chi connectivity index (χ2v) is 4.29. The molecule has 0 saturated heterocycles. The van der Waals surface area contributed by atoms with Gasteiger partial charge in [0.2, 0.25) is 0 Å². The van der Waals surface area contributed by atoms with Crippen molar-refractivity contribution in [1.82, 2.24) is 0 Å². The van der Waals surface area contributed by atoms with Gasteiger partial charge in [-0.2, -0.15) is 0 Å². The Bertz CT molecular complexity index is 423. The highest BCUT2D eigenvalue weighted by molar-refractivity contribution is 5.68. The van der Waals surface area contributed by atoms with E-state index in [0.29, 0.717) is 0 Å². The Morgan fingerprint density at radius 2 is 1.67 bits per heavy atom. The lowest BCUT2D eigenvalue weighted by atomic mass is 9.99. The van der Waals surface area contributed by atoms with Crippen LogP contribution >= 0.6 is 0 Å². The van der Waals surface area contributed by atoms with Crippen molar-refractivity contribution in [3.05, 3.63) is 35.4 Å². The first-order valence-corrected chi connectivity index (χ1v) is 5.81. The van der Waals surface area contributed by atoms with E-state index >= 15 is 0 Å². The van der Waals surface area contributed by atoms with E-state index in [1.807, 2.05) is 38.1 Å². The molecule has 98 valence electrons. The lowest BCUT2D eigenvalue weighted by Gasteiger charge is -2.23. The second-order valence-electron chi connectivity index (χ2n) is 4.29. The van der Waals surface area contributed by atoms with Gasteiger partial charge in [0.15, 0.2) is 0 Å². The van der Waals surface area contributed by atoms with Gasteiger partial charge in [-0.1, -0.05) is 36.8 Å². The number of aryl methyl sites for hydroxylation is 1. The largest absolute Gasteiger partial charge is 0.425 e. The van der Waals surface area contributed by atoms with Gasteiger partial charge < -0.3 is 9.47 Å². The van der Waals surface area contributed by atoms with Gasteiger partial charge in [-0.3, -0.25) is 9.59 Å². The summed E-state index contributed by atoms with van der Waals surface area (Å²) < 4.78 is 10.1. The van der Waals surface area contributed by atoms with Gasteiger partial charge in [0.05, 0.1) is 5.92 Å². The molecule has 0 heterocycles. The van der Waals surface area contributed by atoms with Gasteiger partial charge in [-0.15, -0.1) is 0 Å². The maximum atomic E-state index is 11.0. The van der Waals surface area contributed by atoms with E-state index in [0.717, 1.165) is 11.1 Å². The quantitative estimate of drug-likeness (QED) is 0.608. The van der Waals surface area contributed by atoms with E-state index in [4.69, 9.17) is 9.47 Å². The highest BCUT2D eigenvalue weighted by Crippen LogP contribution is 2.23. The topological polar surface area (TPSA) is 52.6 Å². The van der Waals surface area contributed by atoms with Crippen LogP contribution in [0.15, 0.2) is 24.3 Å². The molecule has 0 radical (unpaired) electrons. The summed E-state index contributed by atoms with van der Waals surface area (Å²) in [5.41, 5.74) is 2.06. The van der Waals surface area contributed by atoms with Crippen molar-refractivity contribution in [2.24, 2.45) is 0 Å². The summed E-state index contributed by atoms with van der Waals surface area (Å²) in [7, 11) is 0. The van der Waals surface area contributed by atoms with Crippen molar-refractivity contribution in [3.63, 3.8) is 0 Å². The predicted octanol–water partition coefficient (Wildman–Crippen LogP) is 2.55. The molecule has 0 aliphatic rings. The zero-order valence-electron chi connectivity index (χ0n) is 11.1. The minimum atomic E-state index is -0.887. The molecular formula is C14H18O4. The number of ether oxygens (including phenoxy) is 2. The molecule has 0 aliphatic carbocycles. The fraction of sp³-hybridized carbons (Fsp3) is 0.429. The first-order chi connectivity index (χ1) is 8.40. The van der Waals surface area contributed by atoms with E-state index in [2.05, 4.69) is 0 Å². The van der Waals surface area contributed by atoms with Gasteiger partial charge in [0.25, 0.3) is 6.29 Å². The molecule has 0 N–H and O–H groups in total. The molecule has 4 heteroatoms. The van der Waals surface area contributed by atoms with Crippen LogP contribution < -0.4 is 0 Å². The van der Waals surface area contributed by atoms with Gasteiger partial charge >= 0.3 is 11.9 Å². The molecule has 0 bridgehead atoms. The molecule has 1 aromatic rings. The van der Waals surface area contributed by atoms with Crippen LogP contribution in [0.3, 0.4) is 0 Å². The maximum Gasteiger partial charge on any atom is 0.305 e. The Kier molecular flexibility index (Phi) is 4.89. The lowest BCUT2D eigenvalue weighted by molar-refractivity contribution is -0.188. The molecule has 1 atom stereocenters. The van der Waals surface area contributed by atoms with Crippen LogP contribution in [0.4, 0.5) is 0 Å². The van der Waals surface area contributed by atoms with Crippen molar-refractivity contribution < 1.29 is 19.1 Å². The number of esters is 2. The van der Waals surface area contributed by atoms with Crippen molar-refractivity contribution >= 4 is 11.9 Å². The van der Waals surface area contributed by atoms with Crippen molar-refractivity contribution in [2.45, 2.75) is 39.9 Å². The van der Waals surface area contributed by atoms with Gasteiger partial charge in [0, 0.05) is 13.8 Å². The van der Waals surface area contributed by atoms with Crippen LogP contribution in [-0.4, -0.2) is 18.2 Å². The third-order valence-electron chi connectivity index (χ3n) is 2.54. The van der Waals surface area contributed by atoms with Gasteiger partial charge in [0.1, 0.15) is 0 Å². The third kappa shape index (κ3) is 4.20. The molecule has 1 aromatic carbocycles. The second kappa shape index (κ2) is 6.19. The van der Waals surface area contributed by atoms with Crippen molar-refractivity contribution in [2.75, 3.05) is 0 Å². The number of carbonyl (C=O) groups is 2. The molecule has 1 rings (SSSR count). The molecule has 0 saturated carbocycles. The first-order valence-electron chi connectivity index (χ1n) is 5.81. The smallest absolute Gasteiger partial charge is 0.305 e. The minimum absolute atomic E-state index is 0.210. The van der Waals surface area contributed by atoms with Crippen molar-refractivity contribution in [1.29, 1.82) is 0 Å². The molecule has 0 fully saturated rings. The Labute approximate surface area is 107 Å². The summed E-state index contributed by atoms with van der Waals surface area (Å²) in [6.07, 6.45) is -0.887. The number of hydrogen-bond acceptors (Lipinski definition) is 4. The van der Waals surface area contributed by atoms with E-state index in [1.165, 1.54) is 13.8 Å². The monoisotopic (exact) mass is 250 g/mol. The number of benzene rings is 1. The number of hydrogen-bond donors (Lipinski definition) is 0. The summed E-state index contributed by atoms with van der Waals surface area (Å²) in [6, 6.07) is 7.78. The van der Waals surface area contributed by atoms with Crippen molar-refractivity contribution in [3.8, 4) is 0 Å². The Morgan fingerprint density at radius 3 is 2.11 bits per heavy atom. The minimum Gasteiger partial charge on any atom is -0.425 e. The third-order valence-corrected chi connectivity index (χ3v) is 2.54. The zero-order chi connectivity index (χ0) is 13.7. The first kappa shape index (κ1) is 14.2. The summed E-state index contributed by atoms with van der Waals surface area (Å²) in [6.45, 7) is 6.41. The number of carbonyl (C=O) groups excluding carboxylic acids is 2. The Balaban J connectivity index is 2.90. The average molecular weight is 250 g/mol. The molecule has 0 aromatic heterocycles. The van der Waals surface area contributed by atoms with Crippen LogP contribution in [0.5, 0.6) is 0 Å². The number of rotatable bonds is 4. The SMILES string of the molecule is CC(=O)OC(OC(C)=O)C(C)c1cccc(C)c1. The standard InChI is InChI=1S/C14H18O4/c1-9-6-5-7-13(8-9)10(2)14(17-11(3)15)18-12(4)16/h5-8,10,14H,1-4H3. The molecule has 18 heavy (non-hydrogen) atoms. The zero-order valence-corrected chi connectivity index (χ0v) is 11.1. The van der Waals surface area contributed by atoms with E-state index in [-0.39, 0.29) is 5.92 Å². The summed E-state index contributed by atoms with van der Waals surface area (Å²) in [5, 5.41) is 0. The average Bonchev–Trinajstić information content (AvgIpc) is 2.26. The molecule has 0 aliphatic heterocycles. The van der Waals surface area contributed by atoms with E-state index in [1.54, 1.807) is 0 Å². The van der Waals surface area contributed by atoms with Crippen LogP contribution in [0, 0.1) is 6.92 Å². The summed E-state index contributed by atoms with van der Waals surface area (Å²) in [4.78, 5) is 22.0. The maximum absolute atomic E-state index is 11.0. The normalized spacial score (nSPS) is 12.1. The van der Waals surface area contributed by atoms with Crippen LogP contribution in [0.1, 0.15) is 37.8 Å². The highest BCUT2D eigenvalue weighted by Gasteiger charge is 2.24. The van der Waals surface area contributed by atoms with Gasteiger partial charge in [-0.05, 0) is 12.5 Å². The van der Waals surface area contributed by atoms with Crippen LogP contribution in [0.25, 0.3) is 0 Å². The lowest BCUT2D eigenvalue weighted by Crippen LogP contribution is -2.28. The molecule has 4 nitrogen and oxygen atoms in total.